The number of hydrogen-bond acceptors (Lipinski definition) is 5. The molecule has 0 bridgehead atoms. The van der Waals surface area contributed by atoms with E-state index < -0.39 is 5.69 Å². The van der Waals surface area contributed by atoms with Crippen molar-refractivity contribution in [2.75, 3.05) is 0 Å². The van der Waals surface area contributed by atoms with Gasteiger partial charge in [0, 0.05) is 17.5 Å². The summed E-state index contributed by atoms with van der Waals surface area (Å²) in [6.45, 7) is 4.12. The van der Waals surface area contributed by atoms with E-state index in [1.54, 1.807) is 22.8 Å². The van der Waals surface area contributed by atoms with Gasteiger partial charge in [0.05, 0.1) is 5.52 Å². The highest BCUT2D eigenvalue weighted by atomic mass is 32.1. The number of nitrogens with zero attached hydrogens (tertiary/aromatic N) is 2. The predicted octanol–water partition coefficient (Wildman–Crippen LogP) is 2.44. The second-order valence-corrected chi connectivity index (χ2v) is 8.12. The molecular weight excluding hydrogens is 370 g/mol. The maximum Gasteiger partial charge on any atom is 0.332 e. The quantitative estimate of drug-likeness (QED) is 0.672. The summed E-state index contributed by atoms with van der Waals surface area (Å²) < 4.78 is 3.15. The van der Waals surface area contributed by atoms with Gasteiger partial charge in [-0.15, -0.1) is 22.7 Å². The molecule has 1 N–H and O–H groups in total. The Kier molecular flexibility index (Phi) is 5.73. The van der Waals surface area contributed by atoms with Crippen molar-refractivity contribution in [3.05, 3.63) is 54.7 Å². The van der Waals surface area contributed by atoms with E-state index in [-0.39, 0.29) is 24.1 Å². The number of rotatable bonds is 7. The molecule has 138 valence electrons. The second kappa shape index (κ2) is 8.01. The lowest BCUT2D eigenvalue weighted by Crippen LogP contribution is -2.43. The van der Waals surface area contributed by atoms with E-state index in [9.17, 15) is 14.4 Å². The number of amides is 1. The third-order valence-electron chi connectivity index (χ3n) is 4.32. The largest absolute Gasteiger partial charge is 0.352 e. The van der Waals surface area contributed by atoms with Crippen molar-refractivity contribution in [2.24, 2.45) is 0 Å². The van der Waals surface area contributed by atoms with Crippen LogP contribution < -0.4 is 16.6 Å². The van der Waals surface area contributed by atoms with Gasteiger partial charge in [-0.05, 0) is 42.7 Å². The first-order valence-corrected chi connectivity index (χ1v) is 10.3. The molecule has 0 aliphatic rings. The molecule has 0 saturated carbocycles. The molecule has 0 radical (unpaired) electrons. The van der Waals surface area contributed by atoms with Gasteiger partial charge >= 0.3 is 5.69 Å². The molecule has 0 aromatic carbocycles. The van der Waals surface area contributed by atoms with Crippen LogP contribution in [0, 0.1) is 0 Å². The molecule has 1 amide bonds. The standard InChI is InChI=1S/C18H21N3O3S2/c1-3-12(2)19-15(22)11-21-14-7-10-26-16(14)17(23)20(18(21)24)8-6-13-5-4-9-25-13/h4-5,7,9-10,12H,3,6,8,11H2,1-2H3,(H,19,22)/t12-/m1/s1. The van der Waals surface area contributed by atoms with E-state index in [0.29, 0.717) is 23.2 Å². The summed E-state index contributed by atoms with van der Waals surface area (Å²) in [4.78, 5) is 39.0. The number of fused-ring (bicyclic) bond motifs is 1. The van der Waals surface area contributed by atoms with Gasteiger partial charge in [0.25, 0.3) is 5.56 Å². The predicted molar refractivity (Wildman–Crippen MR) is 106 cm³/mol. The monoisotopic (exact) mass is 391 g/mol. The number of nitrogens with one attached hydrogen (secondary N) is 1. The number of carbonyl (C=O) groups excluding carboxylic acids is 1. The van der Waals surface area contributed by atoms with Crippen LogP contribution in [0.5, 0.6) is 0 Å². The molecule has 26 heavy (non-hydrogen) atoms. The first kappa shape index (κ1) is 18.6. The average Bonchev–Trinajstić information content (AvgIpc) is 3.30. The van der Waals surface area contributed by atoms with Crippen LogP contribution in [0.1, 0.15) is 25.1 Å². The lowest BCUT2D eigenvalue weighted by Gasteiger charge is -2.14. The van der Waals surface area contributed by atoms with Crippen LogP contribution in [0.4, 0.5) is 0 Å². The third kappa shape index (κ3) is 3.81. The van der Waals surface area contributed by atoms with Crippen molar-refractivity contribution in [2.45, 2.75) is 45.8 Å². The van der Waals surface area contributed by atoms with Gasteiger partial charge in [0.1, 0.15) is 11.2 Å². The van der Waals surface area contributed by atoms with E-state index in [4.69, 9.17) is 0 Å². The summed E-state index contributed by atoms with van der Waals surface area (Å²) >= 11 is 2.90. The minimum Gasteiger partial charge on any atom is -0.352 e. The minimum absolute atomic E-state index is 0.0425. The van der Waals surface area contributed by atoms with Gasteiger partial charge in [0.2, 0.25) is 5.91 Å². The second-order valence-electron chi connectivity index (χ2n) is 6.17. The first-order valence-electron chi connectivity index (χ1n) is 8.53. The van der Waals surface area contributed by atoms with Crippen LogP contribution in [0.25, 0.3) is 10.2 Å². The molecule has 1 atom stereocenters. The van der Waals surface area contributed by atoms with Gasteiger partial charge in [0.15, 0.2) is 0 Å². The van der Waals surface area contributed by atoms with E-state index in [1.807, 2.05) is 31.4 Å². The molecule has 8 heteroatoms. The molecule has 3 aromatic rings. The first-order chi connectivity index (χ1) is 12.5. The molecule has 0 spiro atoms. The van der Waals surface area contributed by atoms with Gasteiger partial charge in [-0.2, -0.15) is 0 Å². The zero-order chi connectivity index (χ0) is 18.7. The minimum atomic E-state index is -0.434. The van der Waals surface area contributed by atoms with Crippen molar-refractivity contribution < 1.29 is 4.79 Å². The Hall–Kier alpha value is -2.19. The highest BCUT2D eigenvalue weighted by molar-refractivity contribution is 7.17. The van der Waals surface area contributed by atoms with Crippen molar-refractivity contribution >= 4 is 38.8 Å². The van der Waals surface area contributed by atoms with E-state index in [0.717, 1.165) is 11.3 Å². The van der Waals surface area contributed by atoms with Crippen LogP contribution >= 0.6 is 22.7 Å². The summed E-state index contributed by atoms with van der Waals surface area (Å²) in [5, 5.41) is 6.62. The van der Waals surface area contributed by atoms with Crippen molar-refractivity contribution in [1.29, 1.82) is 0 Å². The molecule has 6 nitrogen and oxygen atoms in total. The molecule has 0 aliphatic heterocycles. The maximum absolute atomic E-state index is 12.9. The maximum atomic E-state index is 12.9. The number of aromatic nitrogens is 2. The Balaban J connectivity index is 1.96. The van der Waals surface area contributed by atoms with Crippen LogP contribution in [-0.4, -0.2) is 21.1 Å². The molecule has 3 heterocycles. The van der Waals surface area contributed by atoms with Gasteiger partial charge < -0.3 is 5.32 Å². The zero-order valence-electron chi connectivity index (χ0n) is 14.7. The summed E-state index contributed by atoms with van der Waals surface area (Å²) in [7, 11) is 0. The lowest BCUT2D eigenvalue weighted by molar-refractivity contribution is -0.122. The van der Waals surface area contributed by atoms with Crippen molar-refractivity contribution in [1.82, 2.24) is 14.5 Å². The van der Waals surface area contributed by atoms with Crippen LogP contribution in [0.3, 0.4) is 0 Å². The fraction of sp³-hybridized carbons (Fsp3) is 0.389. The number of thiophene rings is 2. The fourth-order valence-corrected chi connectivity index (χ4v) is 4.27. The Morgan fingerprint density at radius 1 is 1.19 bits per heavy atom. The summed E-state index contributed by atoms with van der Waals surface area (Å²) in [5.41, 5.74) is -0.191. The van der Waals surface area contributed by atoms with E-state index in [1.165, 1.54) is 20.5 Å². The fourth-order valence-electron chi connectivity index (χ4n) is 2.73. The molecule has 0 aliphatic carbocycles. The van der Waals surface area contributed by atoms with Gasteiger partial charge in [-0.25, -0.2) is 4.79 Å². The van der Waals surface area contributed by atoms with Crippen molar-refractivity contribution in [3.63, 3.8) is 0 Å². The molecular formula is C18H21N3O3S2. The van der Waals surface area contributed by atoms with Gasteiger partial charge in [-0.3, -0.25) is 18.7 Å². The zero-order valence-corrected chi connectivity index (χ0v) is 16.4. The average molecular weight is 392 g/mol. The van der Waals surface area contributed by atoms with Crippen LogP contribution in [-0.2, 0) is 24.3 Å². The topological polar surface area (TPSA) is 73.1 Å². The Labute approximate surface area is 158 Å². The Morgan fingerprint density at radius 3 is 2.69 bits per heavy atom. The number of carbonyl (C=O) groups is 1. The third-order valence-corrected chi connectivity index (χ3v) is 6.15. The van der Waals surface area contributed by atoms with Crippen molar-refractivity contribution in [3.8, 4) is 0 Å². The van der Waals surface area contributed by atoms with Gasteiger partial charge in [-0.1, -0.05) is 13.0 Å². The Morgan fingerprint density at radius 2 is 2.00 bits per heavy atom. The van der Waals surface area contributed by atoms with Crippen LogP contribution in [0.2, 0.25) is 0 Å². The SMILES string of the molecule is CC[C@@H](C)NC(=O)Cn1c(=O)n(CCc2cccs2)c(=O)c2sccc21. The molecule has 0 saturated heterocycles. The number of hydrogen-bond donors (Lipinski definition) is 1. The molecule has 3 rings (SSSR count). The van der Waals surface area contributed by atoms with E-state index in [2.05, 4.69) is 5.32 Å². The highest BCUT2D eigenvalue weighted by Gasteiger charge is 2.17. The number of aryl methyl sites for hydroxylation is 1. The van der Waals surface area contributed by atoms with E-state index >= 15 is 0 Å². The lowest BCUT2D eigenvalue weighted by atomic mass is 10.2. The summed E-state index contributed by atoms with van der Waals surface area (Å²) in [5.74, 6) is -0.225. The molecule has 0 fully saturated rings. The highest BCUT2D eigenvalue weighted by Crippen LogP contribution is 2.15. The Bertz CT molecular complexity index is 1010. The summed E-state index contributed by atoms with van der Waals surface area (Å²) in [6, 6.07) is 5.70. The molecule has 0 unspecified atom stereocenters. The smallest absolute Gasteiger partial charge is 0.332 e. The summed E-state index contributed by atoms with van der Waals surface area (Å²) in [6.07, 6.45) is 1.43. The molecule has 3 aromatic heterocycles. The van der Waals surface area contributed by atoms with Crippen LogP contribution in [0.15, 0.2) is 38.5 Å². The normalized spacial score (nSPS) is 12.4.